The van der Waals surface area contributed by atoms with E-state index in [0.29, 0.717) is 17.0 Å². The zero-order valence-corrected chi connectivity index (χ0v) is 13.3. The van der Waals surface area contributed by atoms with Gasteiger partial charge in [0.15, 0.2) is 0 Å². The smallest absolute Gasteiger partial charge is 0.257 e. The summed E-state index contributed by atoms with van der Waals surface area (Å²) in [6.45, 7) is 0.719. The molecule has 0 radical (unpaired) electrons. The molecule has 116 valence electrons. The summed E-state index contributed by atoms with van der Waals surface area (Å²) in [5.74, 6) is 0.515. The number of carbonyl (C=O) groups is 1. The van der Waals surface area contributed by atoms with Crippen LogP contribution in [0.3, 0.4) is 0 Å². The van der Waals surface area contributed by atoms with Gasteiger partial charge in [-0.25, -0.2) is 0 Å². The van der Waals surface area contributed by atoms with Crippen molar-refractivity contribution in [1.29, 1.82) is 0 Å². The van der Waals surface area contributed by atoms with E-state index in [0.717, 1.165) is 19.4 Å². The second-order valence-corrected chi connectivity index (χ2v) is 6.09. The molecule has 21 heavy (non-hydrogen) atoms. The number of rotatable bonds is 5. The van der Waals surface area contributed by atoms with E-state index in [4.69, 9.17) is 10.5 Å². The number of benzene rings is 1. The van der Waals surface area contributed by atoms with Crippen molar-refractivity contribution in [3.63, 3.8) is 0 Å². The first-order chi connectivity index (χ1) is 9.89. The van der Waals surface area contributed by atoms with E-state index in [2.05, 4.69) is 19.0 Å². The predicted molar refractivity (Wildman–Crippen MR) is 84.6 cm³/mol. The van der Waals surface area contributed by atoms with Crippen LogP contribution >= 0.6 is 0 Å². The highest BCUT2D eigenvalue weighted by Gasteiger charge is 2.40. The number of amides is 1. The van der Waals surface area contributed by atoms with Gasteiger partial charge in [-0.15, -0.1) is 0 Å². The largest absolute Gasteiger partial charge is 0.496 e. The molecule has 2 rings (SSSR count). The maximum Gasteiger partial charge on any atom is 0.257 e. The van der Waals surface area contributed by atoms with Crippen LogP contribution in [0.5, 0.6) is 5.75 Å². The molecule has 5 heteroatoms. The monoisotopic (exact) mass is 291 g/mol. The van der Waals surface area contributed by atoms with E-state index in [1.54, 1.807) is 30.2 Å². The molecule has 0 bridgehead atoms. The Hall–Kier alpha value is -1.75. The number of carbonyl (C=O) groups excluding carboxylic acids is 1. The van der Waals surface area contributed by atoms with Crippen molar-refractivity contribution in [3.05, 3.63) is 23.8 Å². The molecule has 0 spiro atoms. The summed E-state index contributed by atoms with van der Waals surface area (Å²) < 4.78 is 5.28. The highest BCUT2D eigenvalue weighted by molar-refractivity contribution is 5.97. The highest BCUT2D eigenvalue weighted by Crippen LogP contribution is 2.37. The van der Waals surface area contributed by atoms with Gasteiger partial charge in [0.25, 0.3) is 5.91 Å². The van der Waals surface area contributed by atoms with Gasteiger partial charge in [0.2, 0.25) is 0 Å². The van der Waals surface area contributed by atoms with Gasteiger partial charge in [-0.3, -0.25) is 4.79 Å². The molecule has 0 atom stereocenters. The third kappa shape index (κ3) is 2.97. The van der Waals surface area contributed by atoms with Gasteiger partial charge >= 0.3 is 0 Å². The van der Waals surface area contributed by atoms with Gasteiger partial charge in [-0.05, 0) is 51.6 Å². The average molecular weight is 291 g/mol. The second kappa shape index (κ2) is 5.93. The fourth-order valence-electron chi connectivity index (χ4n) is 2.94. The lowest BCUT2D eigenvalue weighted by Crippen LogP contribution is -2.57. The maximum atomic E-state index is 12.7. The summed E-state index contributed by atoms with van der Waals surface area (Å²) in [6.07, 6.45) is 3.49. The van der Waals surface area contributed by atoms with Crippen LogP contribution in [0.25, 0.3) is 0 Å². The molecule has 1 amide bonds. The first kappa shape index (κ1) is 15.6. The molecule has 0 unspecified atom stereocenters. The molecule has 1 aliphatic carbocycles. The summed E-state index contributed by atoms with van der Waals surface area (Å²) in [5, 5.41) is 0. The van der Waals surface area contributed by atoms with Crippen molar-refractivity contribution in [2.75, 3.05) is 40.5 Å². The third-order valence-corrected chi connectivity index (χ3v) is 4.57. The van der Waals surface area contributed by atoms with Gasteiger partial charge < -0.3 is 20.3 Å². The Bertz CT molecular complexity index is 524. The van der Waals surface area contributed by atoms with Crippen LogP contribution in [-0.2, 0) is 0 Å². The standard InChI is InChI=1S/C16H25N3O2/c1-18(2)16(8-5-9-16)11-19(3)15(20)13-10-12(17)6-7-14(13)21-4/h6-7,10H,5,8-9,11,17H2,1-4H3. The lowest BCUT2D eigenvalue weighted by atomic mass is 9.75. The quantitative estimate of drug-likeness (QED) is 0.841. The molecule has 0 saturated heterocycles. The zero-order chi connectivity index (χ0) is 15.6. The molecular formula is C16H25N3O2. The van der Waals surface area contributed by atoms with Gasteiger partial charge in [0.05, 0.1) is 12.7 Å². The van der Waals surface area contributed by atoms with Crippen molar-refractivity contribution in [3.8, 4) is 5.75 Å². The van der Waals surface area contributed by atoms with E-state index in [-0.39, 0.29) is 11.4 Å². The lowest BCUT2D eigenvalue weighted by molar-refractivity contribution is 0.0251. The molecule has 2 N–H and O–H groups in total. The molecule has 0 aromatic heterocycles. The van der Waals surface area contributed by atoms with Gasteiger partial charge in [-0.1, -0.05) is 0 Å². The number of ether oxygens (including phenoxy) is 1. The predicted octanol–water partition coefficient (Wildman–Crippen LogP) is 1.83. The van der Waals surface area contributed by atoms with Gasteiger partial charge in [0, 0.05) is 24.8 Å². The normalized spacial score (nSPS) is 16.4. The fraction of sp³-hybridized carbons (Fsp3) is 0.562. The van der Waals surface area contributed by atoms with E-state index < -0.39 is 0 Å². The Morgan fingerprint density at radius 3 is 2.48 bits per heavy atom. The summed E-state index contributed by atoms with van der Waals surface area (Å²) in [6, 6.07) is 5.16. The first-order valence-electron chi connectivity index (χ1n) is 7.26. The third-order valence-electron chi connectivity index (χ3n) is 4.57. The van der Waals surface area contributed by atoms with E-state index >= 15 is 0 Å². The molecular weight excluding hydrogens is 266 g/mol. The van der Waals surface area contributed by atoms with Crippen LogP contribution in [0, 0.1) is 0 Å². The molecule has 1 aromatic rings. The molecule has 0 aliphatic heterocycles. The second-order valence-electron chi connectivity index (χ2n) is 6.09. The van der Waals surface area contributed by atoms with Crippen molar-refractivity contribution in [2.45, 2.75) is 24.8 Å². The number of hydrogen-bond acceptors (Lipinski definition) is 4. The van der Waals surface area contributed by atoms with Crippen LogP contribution in [0.1, 0.15) is 29.6 Å². The van der Waals surface area contributed by atoms with E-state index in [9.17, 15) is 4.79 Å². The minimum atomic E-state index is -0.0488. The number of nitrogens with zero attached hydrogens (tertiary/aromatic N) is 2. The van der Waals surface area contributed by atoms with Gasteiger partial charge in [-0.2, -0.15) is 0 Å². The Kier molecular flexibility index (Phi) is 4.42. The van der Waals surface area contributed by atoms with Crippen molar-refractivity contribution < 1.29 is 9.53 Å². The van der Waals surface area contributed by atoms with Gasteiger partial charge in [0.1, 0.15) is 5.75 Å². The minimum Gasteiger partial charge on any atom is -0.496 e. The Balaban J connectivity index is 2.18. The van der Waals surface area contributed by atoms with E-state index in [1.165, 1.54) is 6.42 Å². The minimum absolute atomic E-state index is 0.0488. The van der Waals surface area contributed by atoms with E-state index in [1.807, 2.05) is 7.05 Å². The fourth-order valence-corrected chi connectivity index (χ4v) is 2.94. The summed E-state index contributed by atoms with van der Waals surface area (Å²) in [5.41, 5.74) is 7.00. The molecule has 1 fully saturated rings. The first-order valence-corrected chi connectivity index (χ1v) is 7.26. The Morgan fingerprint density at radius 2 is 2.00 bits per heavy atom. The Morgan fingerprint density at radius 1 is 1.33 bits per heavy atom. The molecule has 5 nitrogen and oxygen atoms in total. The van der Waals surface area contributed by atoms with Crippen LogP contribution in [0.4, 0.5) is 5.69 Å². The Labute approximate surface area is 126 Å². The number of methoxy groups -OCH3 is 1. The average Bonchev–Trinajstić information content (AvgIpc) is 2.41. The number of likely N-dealkylation sites (N-methyl/N-ethyl adjacent to an activating group) is 2. The SMILES string of the molecule is COc1ccc(N)cc1C(=O)N(C)CC1(N(C)C)CCC1. The van der Waals surface area contributed by atoms with Crippen LogP contribution < -0.4 is 10.5 Å². The molecule has 1 saturated carbocycles. The maximum absolute atomic E-state index is 12.7. The summed E-state index contributed by atoms with van der Waals surface area (Å²) in [4.78, 5) is 16.7. The molecule has 0 heterocycles. The zero-order valence-electron chi connectivity index (χ0n) is 13.3. The molecule has 1 aromatic carbocycles. The number of nitrogens with two attached hydrogens (primary N) is 1. The van der Waals surface area contributed by atoms with Crippen molar-refractivity contribution in [2.24, 2.45) is 0 Å². The van der Waals surface area contributed by atoms with Crippen LogP contribution in [-0.4, -0.2) is 56.0 Å². The molecule has 1 aliphatic rings. The topological polar surface area (TPSA) is 58.8 Å². The highest BCUT2D eigenvalue weighted by atomic mass is 16.5. The number of hydrogen-bond donors (Lipinski definition) is 1. The van der Waals surface area contributed by atoms with Crippen LogP contribution in [0.15, 0.2) is 18.2 Å². The van der Waals surface area contributed by atoms with Crippen molar-refractivity contribution in [1.82, 2.24) is 9.80 Å². The summed E-state index contributed by atoms with van der Waals surface area (Å²) >= 11 is 0. The number of nitrogen functional groups attached to an aromatic ring is 1. The number of anilines is 1. The summed E-state index contributed by atoms with van der Waals surface area (Å²) in [7, 11) is 7.57. The van der Waals surface area contributed by atoms with Crippen LogP contribution in [0.2, 0.25) is 0 Å². The lowest BCUT2D eigenvalue weighted by Gasteiger charge is -2.49. The van der Waals surface area contributed by atoms with Crippen molar-refractivity contribution >= 4 is 11.6 Å².